The first-order valence-electron chi connectivity index (χ1n) is 8.53. The molecule has 158 valence electrons. The number of nitrogens with zero attached hydrogens (tertiary/aromatic N) is 2. The Bertz CT molecular complexity index is 1430. The van der Waals surface area contributed by atoms with Gasteiger partial charge in [0.05, 0.1) is 10.6 Å². The fourth-order valence-electron chi connectivity index (χ4n) is 2.98. The molecule has 0 saturated carbocycles. The van der Waals surface area contributed by atoms with Gasteiger partial charge < -0.3 is 5.11 Å². The molecule has 0 unspecified atom stereocenters. The zero-order valence-corrected chi connectivity index (χ0v) is 17.8. The molecule has 3 aromatic rings. The van der Waals surface area contributed by atoms with E-state index in [0.717, 1.165) is 41.0 Å². The Morgan fingerprint density at radius 1 is 0.733 bits per heavy atom. The van der Waals surface area contributed by atoms with Crippen molar-refractivity contribution in [3.8, 4) is 5.75 Å². The van der Waals surface area contributed by atoms with E-state index in [4.69, 9.17) is 0 Å². The van der Waals surface area contributed by atoms with Crippen LogP contribution in [0.4, 0.5) is 11.4 Å². The number of rotatable bonds is 4. The predicted octanol–water partition coefficient (Wildman–Crippen LogP) is 4.38. The topological polar surface area (TPSA) is 154 Å². The van der Waals surface area contributed by atoms with Gasteiger partial charge >= 0.3 is 0 Å². The van der Waals surface area contributed by atoms with E-state index in [1.807, 2.05) is 26.8 Å². The average molecular weight is 450 g/mol. The Kier molecular flexibility index (Phi) is 5.41. The number of fused-ring (bicyclic) bond motifs is 1. The second-order valence-corrected chi connectivity index (χ2v) is 9.63. The van der Waals surface area contributed by atoms with Gasteiger partial charge in [-0.15, -0.1) is 5.11 Å². The summed E-state index contributed by atoms with van der Waals surface area (Å²) in [7, 11) is -9.47. The van der Waals surface area contributed by atoms with Crippen LogP contribution in [-0.4, -0.2) is 31.0 Å². The van der Waals surface area contributed by atoms with Crippen LogP contribution in [0.25, 0.3) is 10.8 Å². The number of phenolic OH excluding ortho intramolecular Hbond substituents is 1. The van der Waals surface area contributed by atoms with Crippen LogP contribution in [0, 0.1) is 20.8 Å². The maximum absolute atomic E-state index is 11.7. The minimum absolute atomic E-state index is 0.0141. The second-order valence-electron chi connectivity index (χ2n) is 6.82. The van der Waals surface area contributed by atoms with Crippen molar-refractivity contribution in [2.24, 2.45) is 10.2 Å². The molecule has 30 heavy (non-hydrogen) atoms. The van der Waals surface area contributed by atoms with Crippen molar-refractivity contribution in [1.82, 2.24) is 0 Å². The molecule has 0 aliphatic heterocycles. The largest absolute Gasteiger partial charge is 0.506 e. The summed E-state index contributed by atoms with van der Waals surface area (Å²) in [6.45, 7) is 5.68. The minimum atomic E-state index is -4.82. The highest BCUT2D eigenvalue weighted by Crippen LogP contribution is 2.41. The Morgan fingerprint density at radius 3 is 1.97 bits per heavy atom. The van der Waals surface area contributed by atoms with Crippen LogP contribution in [0.1, 0.15) is 16.7 Å². The summed E-state index contributed by atoms with van der Waals surface area (Å²) in [6, 6.07) is 7.51. The molecule has 0 spiro atoms. The Balaban J connectivity index is 2.31. The molecule has 0 aliphatic carbocycles. The zero-order valence-electron chi connectivity index (χ0n) is 16.1. The number of aromatic hydroxyl groups is 1. The van der Waals surface area contributed by atoms with Crippen LogP contribution < -0.4 is 0 Å². The third-order valence-corrected chi connectivity index (χ3v) is 6.41. The van der Waals surface area contributed by atoms with Gasteiger partial charge in [-0.1, -0.05) is 12.1 Å². The molecule has 11 heteroatoms. The van der Waals surface area contributed by atoms with Crippen molar-refractivity contribution >= 4 is 42.4 Å². The van der Waals surface area contributed by atoms with Crippen molar-refractivity contribution < 1.29 is 31.0 Å². The quantitative estimate of drug-likeness (QED) is 0.394. The molecule has 0 atom stereocenters. The fourth-order valence-corrected chi connectivity index (χ4v) is 4.19. The Labute approximate surface area is 173 Å². The van der Waals surface area contributed by atoms with Crippen LogP contribution in [0.2, 0.25) is 0 Å². The number of phenols is 1. The van der Waals surface area contributed by atoms with Crippen molar-refractivity contribution in [1.29, 1.82) is 0 Å². The smallest absolute Gasteiger partial charge is 0.295 e. The van der Waals surface area contributed by atoms with Crippen molar-refractivity contribution in [2.75, 3.05) is 0 Å². The second kappa shape index (κ2) is 7.43. The molecule has 0 aromatic heterocycles. The number of azo groups is 1. The van der Waals surface area contributed by atoms with Gasteiger partial charge in [0.2, 0.25) is 0 Å². The molecule has 0 radical (unpaired) electrons. The summed E-state index contributed by atoms with van der Waals surface area (Å²) in [4.78, 5) is -1.32. The first-order valence-corrected chi connectivity index (χ1v) is 11.4. The van der Waals surface area contributed by atoms with Crippen LogP contribution >= 0.6 is 0 Å². The zero-order chi connectivity index (χ0) is 22.4. The molecular formula is C19H18N2O7S2. The van der Waals surface area contributed by atoms with Gasteiger partial charge in [0.25, 0.3) is 20.2 Å². The highest BCUT2D eigenvalue weighted by molar-refractivity contribution is 7.86. The molecule has 3 rings (SSSR count). The lowest BCUT2D eigenvalue weighted by Gasteiger charge is -2.10. The predicted molar refractivity (Wildman–Crippen MR) is 110 cm³/mol. The standard InChI is InChI=1S/C19H18N2O7S2/c1-10-6-12(3)16(7-11(10)2)20-21-19-14-5-4-13(29(23,24)25)8-15(14)18(9-17(19)22)30(26,27)28/h4-9,22H,1-3H3,(H,23,24,25)(H,26,27,28). The summed E-state index contributed by atoms with van der Waals surface area (Å²) in [5.74, 6) is -0.583. The Morgan fingerprint density at radius 2 is 1.37 bits per heavy atom. The van der Waals surface area contributed by atoms with E-state index >= 15 is 0 Å². The summed E-state index contributed by atoms with van der Waals surface area (Å²) >= 11 is 0. The molecule has 0 heterocycles. The van der Waals surface area contributed by atoms with E-state index in [2.05, 4.69) is 10.2 Å². The van der Waals surface area contributed by atoms with E-state index in [0.29, 0.717) is 5.69 Å². The SMILES string of the molecule is Cc1cc(C)c(N=Nc2c(O)cc(S(=O)(=O)O)c3cc(S(=O)(=O)O)ccc23)cc1C. The third-order valence-electron chi connectivity index (χ3n) is 4.67. The lowest BCUT2D eigenvalue weighted by molar-refractivity contribution is 0.468. The molecule has 0 fully saturated rings. The summed E-state index contributed by atoms with van der Waals surface area (Å²) in [6.07, 6.45) is 0. The molecule has 0 aliphatic rings. The number of aryl methyl sites for hydroxylation is 3. The lowest BCUT2D eigenvalue weighted by Crippen LogP contribution is -2.02. The van der Waals surface area contributed by atoms with Gasteiger partial charge in [-0.2, -0.15) is 21.9 Å². The van der Waals surface area contributed by atoms with Crippen LogP contribution in [-0.2, 0) is 20.2 Å². The molecule has 3 aromatic carbocycles. The van der Waals surface area contributed by atoms with E-state index in [-0.39, 0.29) is 16.5 Å². The molecule has 0 saturated heterocycles. The van der Waals surface area contributed by atoms with Gasteiger partial charge in [0.15, 0.2) is 0 Å². The van der Waals surface area contributed by atoms with Crippen molar-refractivity contribution in [3.05, 3.63) is 53.1 Å². The lowest BCUT2D eigenvalue weighted by atomic mass is 10.1. The molecule has 0 bridgehead atoms. The first-order chi connectivity index (χ1) is 13.8. The molecular weight excluding hydrogens is 432 g/mol. The van der Waals surface area contributed by atoms with Crippen LogP contribution in [0.15, 0.2) is 56.4 Å². The third kappa shape index (κ3) is 4.19. The van der Waals surface area contributed by atoms with Crippen molar-refractivity contribution in [2.45, 2.75) is 30.6 Å². The van der Waals surface area contributed by atoms with Crippen LogP contribution in [0.3, 0.4) is 0 Å². The molecule has 9 nitrogen and oxygen atoms in total. The number of hydrogen-bond acceptors (Lipinski definition) is 7. The monoisotopic (exact) mass is 450 g/mol. The summed E-state index contributed by atoms with van der Waals surface area (Å²) in [5.41, 5.74) is 3.27. The van der Waals surface area contributed by atoms with Crippen LogP contribution in [0.5, 0.6) is 5.75 Å². The highest BCUT2D eigenvalue weighted by Gasteiger charge is 2.22. The molecule has 3 N–H and O–H groups in total. The van der Waals surface area contributed by atoms with Gasteiger partial charge in [-0.05, 0) is 55.7 Å². The Hall–Kier alpha value is -2.86. The maximum Gasteiger partial charge on any atom is 0.295 e. The van der Waals surface area contributed by atoms with Crippen molar-refractivity contribution in [3.63, 3.8) is 0 Å². The van der Waals surface area contributed by atoms with Gasteiger partial charge in [-0.25, -0.2) is 0 Å². The van der Waals surface area contributed by atoms with E-state index in [1.54, 1.807) is 6.07 Å². The van der Waals surface area contributed by atoms with E-state index < -0.39 is 35.8 Å². The average Bonchev–Trinajstić information content (AvgIpc) is 2.62. The summed E-state index contributed by atoms with van der Waals surface area (Å²) in [5, 5.41) is 18.3. The van der Waals surface area contributed by atoms with Gasteiger partial charge in [0.1, 0.15) is 16.3 Å². The molecule has 0 amide bonds. The summed E-state index contributed by atoms with van der Waals surface area (Å²) < 4.78 is 65.1. The number of benzene rings is 3. The maximum atomic E-state index is 11.7. The first kappa shape index (κ1) is 21.8. The van der Waals surface area contributed by atoms with E-state index in [1.165, 1.54) is 0 Å². The number of hydrogen-bond donors (Lipinski definition) is 3. The normalized spacial score (nSPS) is 12.7. The van der Waals surface area contributed by atoms with Gasteiger partial charge in [-0.3, -0.25) is 9.11 Å². The fraction of sp³-hybridized carbons (Fsp3) is 0.158. The minimum Gasteiger partial charge on any atom is -0.506 e. The van der Waals surface area contributed by atoms with Gasteiger partial charge in [0, 0.05) is 16.8 Å². The van der Waals surface area contributed by atoms with E-state index in [9.17, 15) is 31.0 Å². The highest BCUT2D eigenvalue weighted by atomic mass is 32.2.